The number of aliphatic hydroxyl groups excluding tert-OH is 1. The fraction of sp³-hybridized carbons (Fsp3) is 0.333. The van der Waals surface area contributed by atoms with Gasteiger partial charge in [0.15, 0.2) is 0 Å². The van der Waals surface area contributed by atoms with Crippen LogP contribution in [0.2, 0.25) is 0 Å². The molecule has 0 fully saturated rings. The van der Waals surface area contributed by atoms with E-state index in [1.807, 2.05) is 13.0 Å². The second kappa shape index (κ2) is 3.71. The van der Waals surface area contributed by atoms with Crippen LogP contribution in [0, 0.1) is 12.8 Å². The van der Waals surface area contributed by atoms with Gasteiger partial charge < -0.3 is 5.11 Å². The van der Waals surface area contributed by atoms with E-state index in [4.69, 9.17) is 5.11 Å². The lowest BCUT2D eigenvalue weighted by Crippen LogP contribution is -2.11. The Balaban J connectivity index is 2.66. The molecule has 86 valence electrons. The van der Waals surface area contributed by atoms with Crippen molar-refractivity contribution < 1.29 is 13.5 Å². The fourth-order valence-corrected chi connectivity index (χ4v) is 3.82. The van der Waals surface area contributed by atoms with Gasteiger partial charge in [0.05, 0.1) is 16.4 Å². The Bertz CT molecular complexity index is 556. The predicted molar refractivity (Wildman–Crippen MR) is 62.6 cm³/mol. The Morgan fingerprint density at radius 3 is 2.62 bits per heavy atom. The second-order valence-corrected chi connectivity index (χ2v) is 6.04. The van der Waals surface area contributed by atoms with Gasteiger partial charge in [0.25, 0.3) is 0 Å². The third-order valence-electron chi connectivity index (χ3n) is 2.93. The highest BCUT2D eigenvalue weighted by Crippen LogP contribution is 2.37. The highest BCUT2D eigenvalue weighted by molar-refractivity contribution is 7.95. The van der Waals surface area contributed by atoms with Crippen LogP contribution in [0.15, 0.2) is 28.0 Å². The van der Waals surface area contributed by atoms with E-state index in [1.54, 1.807) is 25.1 Å². The Hall–Kier alpha value is -1.13. The molecule has 0 amide bonds. The molecule has 4 heteroatoms. The summed E-state index contributed by atoms with van der Waals surface area (Å²) in [5.41, 5.74) is 1.71. The third kappa shape index (κ3) is 1.49. The number of hydrogen-bond acceptors (Lipinski definition) is 3. The van der Waals surface area contributed by atoms with Gasteiger partial charge in [-0.2, -0.15) is 0 Å². The molecule has 1 aromatic carbocycles. The maximum absolute atomic E-state index is 12.2. The molecule has 0 aromatic heterocycles. The maximum Gasteiger partial charge on any atom is 0.203 e. The van der Waals surface area contributed by atoms with Crippen molar-refractivity contribution in [2.45, 2.75) is 18.7 Å². The van der Waals surface area contributed by atoms with Crippen molar-refractivity contribution in [3.8, 4) is 0 Å². The lowest BCUT2D eigenvalue weighted by atomic mass is 10.1. The van der Waals surface area contributed by atoms with Crippen LogP contribution < -0.4 is 0 Å². The van der Waals surface area contributed by atoms with Gasteiger partial charge in [0, 0.05) is 5.92 Å². The van der Waals surface area contributed by atoms with E-state index in [-0.39, 0.29) is 12.5 Å². The number of aryl methyl sites for hydroxylation is 1. The minimum absolute atomic E-state index is 0.155. The van der Waals surface area contributed by atoms with E-state index in [9.17, 15) is 8.42 Å². The Morgan fingerprint density at radius 2 is 2.06 bits per heavy atom. The summed E-state index contributed by atoms with van der Waals surface area (Å²) in [6.45, 7) is 3.44. The van der Waals surface area contributed by atoms with Gasteiger partial charge in [-0.05, 0) is 30.2 Å². The van der Waals surface area contributed by atoms with Gasteiger partial charge in [-0.15, -0.1) is 0 Å². The zero-order valence-corrected chi connectivity index (χ0v) is 10.1. The molecule has 1 N–H and O–H groups in total. The van der Waals surface area contributed by atoms with Gasteiger partial charge in [-0.25, -0.2) is 8.42 Å². The molecule has 0 saturated carbocycles. The molecule has 1 atom stereocenters. The molecule has 1 heterocycles. The van der Waals surface area contributed by atoms with Crippen molar-refractivity contribution in [3.63, 3.8) is 0 Å². The Labute approximate surface area is 95.3 Å². The smallest absolute Gasteiger partial charge is 0.203 e. The first-order valence-electron chi connectivity index (χ1n) is 5.15. The summed E-state index contributed by atoms with van der Waals surface area (Å²) in [6.07, 6.45) is 1.68. The van der Waals surface area contributed by atoms with Gasteiger partial charge in [-0.3, -0.25) is 0 Å². The molecule has 1 aliphatic rings. The molecule has 1 unspecified atom stereocenters. The average Bonchev–Trinajstić information content (AvgIpc) is 2.52. The van der Waals surface area contributed by atoms with Gasteiger partial charge in [-0.1, -0.05) is 19.1 Å². The number of hydrogen-bond donors (Lipinski definition) is 1. The van der Waals surface area contributed by atoms with E-state index in [2.05, 4.69) is 0 Å². The van der Waals surface area contributed by atoms with Crippen LogP contribution in [-0.4, -0.2) is 20.1 Å². The summed E-state index contributed by atoms with van der Waals surface area (Å²) in [5.74, 6) is -0.350. The zero-order chi connectivity index (χ0) is 11.9. The van der Waals surface area contributed by atoms with E-state index < -0.39 is 9.84 Å². The standard InChI is InChI=1S/C12H14O3S/c1-8-4-3-5-11-10(8)6-12(9(2)7-13)16(11,14)15/h3-6,9,13H,7H2,1-2H3. The summed E-state index contributed by atoms with van der Waals surface area (Å²) < 4.78 is 24.3. The van der Waals surface area contributed by atoms with Crippen LogP contribution in [0.3, 0.4) is 0 Å². The van der Waals surface area contributed by atoms with Crippen LogP contribution in [0.1, 0.15) is 18.1 Å². The topological polar surface area (TPSA) is 54.4 Å². The molecule has 16 heavy (non-hydrogen) atoms. The lowest BCUT2D eigenvalue weighted by molar-refractivity contribution is 0.260. The molecule has 0 saturated heterocycles. The van der Waals surface area contributed by atoms with Crippen LogP contribution in [0.5, 0.6) is 0 Å². The minimum atomic E-state index is -3.38. The van der Waals surface area contributed by atoms with Crippen molar-refractivity contribution in [2.75, 3.05) is 6.61 Å². The SMILES string of the molecule is Cc1cccc2c1C=C(C(C)CO)S2(=O)=O. The molecule has 0 aliphatic carbocycles. The molecule has 3 nitrogen and oxygen atoms in total. The van der Waals surface area contributed by atoms with Gasteiger partial charge in [0.2, 0.25) is 9.84 Å². The normalized spacial score (nSPS) is 19.1. The quantitative estimate of drug-likeness (QED) is 0.854. The van der Waals surface area contributed by atoms with Crippen LogP contribution >= 0.6 is 0 Å². The zero-order valence-electron chi connectivity index (χ0n) is 9.27. The van der Waals surface area contributed by atoms with Crippen LogP contribution in [0.25, 0.3) is 6.08 Å². The highest BCUT2D eigenvalue weighted by Gasteiger charge is 2.32. The predicted octanol–water partition coefficient (Wildman–Crippen LogP) is 1.75. The van der Waals surface area contributed by atoms with E-state index in [0.717, 1.165) is 11.1 Å². The first-order valence-corrected chi connectivity index (χ1v) is 6.64. The summed E-state index contributed by atoms with van der Waals surface area (Å²) in [5, 5.41) is 9.07. The first kappa shape index (κ1) is 11.4. The van der Waals surface area contributed by atoms with Crippen molar-refractivity contribution in [2.24, 2.45) is 5.92 Å². The highest BCUT2D eigenvalue weighted by atomic mass is 32.2. The number of benzene rings is 1. The van der Waals surface area contributed by atoms with Gasteiger partial charge >= 0.3 is 0 Å². The summed E-state index contributed by atoms with van der Waals surface area (Å²) in [7, 11) is -3.38. The number of sulfone groups is 1. The molecule has 1 aliphatic heterocycles. The average molecular weight is 238 g/mol. The number of fused-ring (bicyclic) bond motifs is 1. The Kier molecular flexibility index (Phi) is 2.64. The molecular weight excluding hydrogens is 224 g/mol. The minimum Gasteiger partial charge on any atom is -0.396 e. The first-order chi connectivity index (χ1) is 7.48. The molecule has 0 bridgehead atoms. The molecule has 0 radical (unpaired) electrons. The lowest BCUT2D eigenvalue weighted by Gasteiger charge is -2.09. The van der Waals surface area contributed by atoms with Crippen molar-refractivity contribution in [1.29, 1.82) is 0 Å². The second-order valence-electron chi connectivity index (χ2n) is 4.12. The summed E-state index contributed by atoms with van der Waals surface area (Å²) in [6, 6.07) is 5.24. The maximum atomic E-state index is 12.2. The van der Waals surface area contributed by atoms with Crippen LogP contribution in [0.4, 0.5) is 0 Å². The van der Waals surface area contributed by atoms with Crippen molar-refractivity contribution >= 4 is 15.9 Å². The monoisotopic (exact) mass is 238 g/mol. The Morgan fingerprint density at radius 1 is 1.38 bits per heavy atom. The number of aliphatic hydroxyl groups is 1. The van der Waals surface area contributed by atoms with E-state index in [1.165, 1.54) is 0 Å². The van der Waals surface area contributed by atoms with Crippen molar-refractivity contribution in [1.82, 2.24) is 0 Å². The number of rotatable bonds is 2. The summed E-state index contributed by atoms with van der Waals surface area (Å²) >= 11 is 0. The van der Waals surface area contributed by atoms with E-state index in [0.29, 0.717) is 9.80 Å². The largest absolute Gasteiger partial charge is 0.396 e. The molecular formula is C12H14O3S. The van der Waals surface area contributed by atoms with Crippen LogP contribution in [-0.2, 0) is 9.84 Å². The fourth-order valence-electron chi connectivity index (χ4n) is 1.92. The molecule has 0 spiro atoms. The third-order valence-corrected chi connectivity index (χ3v) is 5.01. The summed E-state index contributed by atoms with van der Waals surface area (Å²) in [4.78, 5) is 0.683. The van der Waals surface area contributed by atoms with Gasteiger partial charge in [0.1, 0.15) is 0 Å². The van der Waals surface area contributed by atoms with Crippen molar-refractivity contribution in [3.05, 3.63) is 34.2 Å². The molecule has 1 aromatic rings. The van der Waals surface area contributed by atoms with E-state index >= 15 is 0 Å². The molecule has 2 rings (SSSR count).